The summed E-state index contributed by atoms with van der Waals surface area (Å²) >= 11 is 7.07. The van der Waals surface area contributed by atoms with Crippen LogP contribution in [0.2, 0.25) is 5.02 Å². The van der Waals surface area contributed by atoms with Crippen molar-refractivity contribution in [2.75, 3.05) is 0 Å². The molecule has 0 radical (unpaired) electrons. The van der Waals surface area contributed by atoms with Crippen LogP contribution < -0.4 is 4.87 Å². The van der Waals surface area contributed by atoms with Gasteiger partial charge in [0.25, 0.3) is 0 Å². The number of nitrogens with one attached hydrogen (secondary N) is 1. The van der Waals surface area contributed by atoms with Crippen LogP contribution in [0.5, 0.6) is 0 Å². The fourth-order valence-corrected chi connectivity index (χ4v) is 2.85. The number of thiazole rings is 1. The SMILES string of the molecule is Cc1cc(-c2ccc(Cl)cc2)c2sc(=O)[nH]c2n1. The molecule has 0 aliphatic carbocycles. The fourth-order valence-electron chi connectivity index (χ4n) is 1.91. The molecule has 0 saturated carbocycles. The molecule has 3 nitrogen and oxygen atoms in total. The van der Waals surface area contributed by atoms with Gasteiger partial charge in [-0.1, -0.05) is 35.1 Å². The van der Waals surface area contributed by atoms with Crippen molar-refractivity contribution in [3.05, 3.63) is 50.7 Å². The van der Waals surface area contributed by atoms with Gasteiger partial charge in [-0.25, -0.2) is 4.98 Å². The molecular formula is C13H9ClN2OS. The zero-order valence-corrected chi connectivity index (χ0v) is 11.1. The quantitative estimate of drug-likeness (QED) is 0.738. The van der Waals surface area contributed by atoms with Crippen LogP contribution in [0.15, 0.2) is 35.1 Å². The van der Waals surface area contributed by atoms with E-state index in [2.05, 4.69) is 9.97 Å². The molecular weight excluding hydrogens is 268 g/mol. The van der Waals surface area contributed by atoms with Gasteiger partial charge in [-0.05, 0) is 30.7 Å². The number of aromatic nitrogens is 2. The Balaban J connectivity index is 2.33. The molecule has 90 valence electrons. The number of halogens is 1. The van der Waals surface area contributed by atoms with Gasteiger partial charge in [0.05, 0.1) is 4.70 Å². The first-order chi connectivity index (χ1) is 8.63. The first kappa shape index (κ1) is 11.4. The summed E-state index contributed by atoms with van der Waals surface area (Å²) in [5, 5.41) is 0.697. The van der Waals surface area contributed by atoms with Crippen LogP contribution in [0.1, 0.15) is 5.69 Å². The van der Waals surface area contributed by atoms with Crippen LogP contribution in [-0.4, -0.2) is 9.97 Å². The minimum absolute atomic E-state index is 0.0849. The number of benzene rings is 1. The Labute approximate surface area is 112 Å². The topological polar surface area (TPSA) is 45.8 Å². The van der Waals surface area contributed by atoms with Crippen molar-refractivity contribution in [3.8, 4) is 11.1 Å². The van der Waals surface area contributed by atoms with Crippen LogP contribution in [0.25, 0.3) is 21.5 Å². The number of hydrogen-bond donors (Lipinski definition) is 1. The van der Waals surface area contributed by atoms with Gasteiger partial charge < -0.3 is 0 Å². The highest BCUT2D eigenvalue weighted by Crippen LogP contribution is 2.30. The second-order valence-electron chi connectivity index (χ2n) is 4.01. The summed E-state index contributed by atoms with van der Waals surface area (Å²) in [7, 11) is 0. The molecule has 2 aromatic heterocycles. The van der Waals surface area contributed by atoms with E-state index in [1.807, 2.05) is 37.3 Å². The van der Waals surface area contributed by atoms with Crippen molar-refractivity contribution in [2.45, 2.75) is 6.92 Å². The minimum atomic E-state index is -0.0849. The molecule has 0 saturated heterocycles. The molecule has 3 rings (SSSR count). The molecule has 0 aliphatic heterocycles. The number of hydrogen-bond acceptors (Lipinski definition) is 3. The maximum atomic E-state index is 11.4. The molecule has 0 atom stereocenters. The number of rotatable bonds is 1. The van der Waals surface area contributed by atoms with Gasteiger partial charge in [0.1, 0.15) is 0 Å². The average Bonchev–Trinajstić information content (AvgIpc) is 2.69. The summed E-state index contributed by atoms with van der Waals surface area (Å²) in [6, 6.07) is 9.55. The van der Waals surface area contributed by atoms with E-state index in [9.17, 15) is 4.79 Å². The van der Waals surface area contributed by atoms with Crippen molar-refractivity contribution in [1.29, 1.82) is 0 Å². The number of pyridine rings is 1. The second kappa shape index (κ2) is 4.23. The summed E-state index contributed by atoms with van der Waals surface area (Å²) in [5.41, 5.74) is 3.57. The van der Waals surface area contributed by atoms with E-state index in [1.54, 1.807) is 0 Å². The highest BCUT2D eigenvalue weighted by atomic mass is 35.5. The summed E-state index contributed by atoms with van der Waals surface area (Å²) in [6.07, 6.45) is 0. The molecule has 1 aromatic carbocycles. The molecule has 0 spiro atoms. The summed E-state index contributed by atoms with van der Waals surface area (Å²) in [6.45, 7) is 1.91. The number of H-pyrrole nitrogens is 1. The van der Waals surface area contributed by atoms with Gasteiger partial charge in [-0.2, -0.15) is 0 Å². The molecule has 0 unspecified atom stereocenters. The predicted octanol–water partition coefficient (Wildman–Crippen LogP) is 3.61. The molecule has 1 N–H and O–H groups in total. The minimum Gasteiger partial charge on any atom is -0.297 e. The largest absolute Gasteiger partial charge is 0.306 e. The number of fused-ring (bicyclic) bond motifs is 1. The monoisotopic (exact) mass is 276 g/mol. The lowest BCUT2D eigenvalue weighted by molar-refractivity contribution is 1.21. The second-order valence-corrected chi connectivity index (χ2v) is 5.43. The van der Waals surface area contributed by atoms with Gasteiger partial charge in [-0.3, -0.25) is 9.78 Å². The third kappa shape index (κ3) is 1.94. The van der Waals surface area contributed by atoms with E-state index in [-0.39, 0.29) is 4.87 Å². The van der Waals surface area contributed by atoms with Gasteiger partial charge in [0.2, 0.25) is 0 Å². The van der Waals surface area contributed by atoms with Crippen LogP contribution in [0.3, 0.4) is 0 Å². The lowest BCUT2D eigenvalue weighted by Crippen LogP contribution is -1.91. The van der Waals surface area contributed by atoms with Crippen molar-refractivity contribution in [1.82, 2.24) is 9.97 Å². The molecule has 0 fully saturated rings. The molecule has 0 bridgehead atoms. The lowest BCUT2D eigenvalue weighted by atomic mass is 10.1. The Morgan fingerprint density at radius 3 is 2.72 bits per heavy atom. The fraction of sp³-hybridized carbons (Fsp3) is 0.0769. The van der Waals surface area contributed by atoms with Gasteiger partial charge >= 0.3 is 4.87 Å². The van der Waals surface area contributed by atoms with Crippen molar-refractivity contribution in [2.24, 2.45) is 0 Å². The summed E-state index contributed by atoms with van der Waals surface area (Å²) in [5.74, 6) is 0. The Morgan fingerprint density at radius 2 is 2.00 bits per heavy atom. The van der Waals surface area contributed by atoms with Crippen LogP contribution in [-0.2, 0) is 0 Å². The number of nitrogens with zero attached hydrogens (tertiary/aromatic N) is 1. The molecule has 3 aromatic rings. The lowest BCUT2D eigenvalue weighted by Gasteiger charge is -2.04. The van der Waals surface area contributed by atoms with Crippen molar-refractivity contribution < 1.29 is 0 Å². The van der Waals surface area contributed by atoms with E-state index in [0.717, 1.165) is 21.5 Å². The smallest absolute Gasteiger partial charge is 0.297 e. The van der Waals surface area contributed by atoms with E-state index >= 15 is 0 Å². The third-order valence-corrected chi connectivity index (χ3v) is 3.83. The maximum absolute atomic E-state index is 11.4. The predicted molar refractivity (Wildman–Crippen MR) is 75.4 cm³/mol. The van der Waals surface area contributed by atoms with E-state index in [1.165, 1.54) is 11.3 Å². The van der Waals surface area contributed by atoms with Crippen LogP contribution in [0, 0.1) is 6.92 Å². The number of aryl methyl sites for hydroxylation is 1. The normalized spacial score (nSPS) is 11.0. The first-order valence-electron chi connectivity index (χ1n) is 5.40. The van der Waals surface area contributed by atoms with Crippen LogP contribution >= 0.6 is 22.9 Å². The maximum Gasteiger partial charge on any atom is 0.306 e. The van der Waals surface area contributed by atoms with E-state index < -0.39 is 0 Å². The average molecular weight is 277 g/mol. The zero-order chi connectivity index (χ0) is 12.7. The Kier molecular flexibility index (Phi) is 2.69. The summed E-state index contributed by atoms with van der Waals surface area (Å²) in [4.78, 5) is 18.4. The van der Waals surface area contributed by atoms with Gasteiger partial charge in [0, 0.05) is 16.3 Å². The Hall–Kier alpha value is -1.65. The Morgan fingerprint density at radius 1 is 1.28 bits per heavy atom. The number of aromatic amines is 1. The zero-order valence-electron chi connectivity index (χ0n) is 9.53. The molecule has 0 amide bonds. The molecule has 2 heterocycles. The van der Waals surface area contributed by atoms with Crippen molar-refractivity contribution >= 4 is 33.3 Å². The van der Waals surface area contributed by atoms with Crippen LogP contribution in [0.4, 0.5) is 0 Å². The standard InChI is InChI=1S/C13H9ClN2OS/c1-7-6-10(8-2-4-9(14)5-3-8)11-12(15-7)16-13(17)18-11/h2-6H,1H3,(H,15,16,17). The Bertz CT molecular complexity index is 774. The third-order valence-electron chi connectivity index (χ3n) is 2.67. The van der Waals surface area contributed by atoms with Gasteiger partial charge in [0.15, 0.2) is 5.65 Å². The highest BCUT2D eigenvalue weighted by molar-refractivity contribution is 7.16. The van der Waals surface area contributed by atoms with Crippen molar-refractivity contribution in [3.63, 3.8) is 0 Å². The molecule has 18 heavy (non-hydrogen) atoms. The molecule has 0 aliphatic rings. The summed E-state index contributed by atoms with van der Waals surface area (Å²) < 4.78 is 0.882. The van der Waals surface area contributed by atoms with E-state index in [4.69, 9.17) is 11.6 Å². The van der Waals surface area contributed by atoms with E-state index in [0.29, 0.717) is 10.7 Å². The van der Waals surface area contributed by atoms with Gasteiger partial charge in [-0.15, -0.1) is 0 Å². The first-order valence-corrected chi connectivity index (χ1v) is 6.59. The molecule has 5 heteroatoms. The highest BCUT2D eigenvalue weighted by Gasteiger charge is 2.09.